The number of thiazole rings is 1. The third-order valence-corrected chi connectivity index (χ3v) is 6.35. The molecule has 5 rings (SSSR count). The fourth-order valence-corrected chi connectivity index (χ4v) is 4.78. The van der Waals surface area contributed by atoms with Crippen LogP contribution in [0.4, 0.5) is 5.13 Å². The quantitative estimate of drug-likeness (QED) is 0.504. The zero-order chi connectivity index (χ0) is 26.4. The molecule has 1 saturated heterocycles. The lowest BCUT2D eigenvalue weighted by Gasteiger charge is -2.23. The molecular weight excluding hydrogens is 422 g/mol. The summed E-state index contributed by atoms with van der Waals surface area (Å²) in [7, 11) is 0. The third kappa shape index (κ3) is 3.78. The predicted molar refractivity (Wildman–Crippen MR) is 127 cm³/mol. The number of benzene rings is 2. The molecule has 0 saturated carbocycles. The van der Waals surface area contributed by atoms with Crippen LogP contribution in [0.25, 0.3) is 21.7 Å². The number of carbonyl (C=O) groups excluding carboxylic acids is 1. The Morgan fingerprint density at radius 3 is 2.69 bits per heavy atom. The van der Waals surface area contributed by atoms with Crippen molar-refractivity contribution in [3.05, 3.63) is 76.6 Å². The number of rotatable bonds is 5. The summed E-state index contributed by atoms with van der Waals surface area (Å²) in [6.45, 7) is -4.36. The van der Waals surface area contributed by atoms with Gasteiger partial charge in [0.25, 0.3) is 5.56 Å². The van der Waals surface area contributed by atoms with E-state index in [-0.39, 0.29) is 16.2 Å². The van der Waals surface area contributed by atoms with Gasteiger partial charge in [-0.1, -0.05) is 72.0 Å². The lowest BCUT2D eigenvalue weighted by molar-refractivity contribution is -0.122. The number of nitrogens with zero attached hydrogens (tertiary/aromatic N) is 4. The van der Waals surface area contributed by atoms with Crippen LogP contribution in [-0.2, 0) is 18.3 Å². The molecule has 1 aliphatic rings. The van der Waals surface area contributed by atoms with Gasteiger partial charge in [0.15, 0.2) is 15.5 Å². The topological polar surface area (TPSA) is 80.1 Å². The van der Waals surface area contributed by atoms with E-state index in [1.807, 2.05) is 0 Å². The standard InChI is InChI=1S/C24H23N5O2S/c1-28-20(17-11-6-3-7-12-17)27-22-19(23(28)31)26-24(32-22)29-14-8-13-18(29)21(30)25-15-16-9-4-2-5-10-16/h2-7,9-12,18H,8,13-15H2,1H3,(H,25,30)/i1D3,15D2. The Kier molecular flexibility index (Phi) is 4.09. The van der Waals surface area contributed by atoms with Crippen LogP contribution in [0.15, 0.2) is 65.5 Å². The van der Waals surface area contributed by atoms with Gasteiger partial charge in [-0.3, -0.25) is 14.2 Å². The highest BCUT2D eigenvalue weighted by molar-refractivity contribution is 7.21. The second kappa shape index (κ2) is 8.55. The number of fused-ring (bicyclic) bond motifs is 1. The van der Waals surface area contributed by atoms with E-state index < -0.39 is 31.0 Å². The van der Waals surface area contributed by atoms with Crippen molar-refractivity contribution in [1.29, 1.82) is 0 Å². The van der Waals surface area contributed by atoms with Crippen LogP contribution in [0, 0.1) is 0 Å². The first kappa shape index (κ1) is 15.3. The van der Waals surface area contributed by atoms with Crippen molar-refractivity contribution < 1.29 is 11.6 Å². The lowest BCUT2D eigenvalue weighted by atomic mass is 10.2. The van der Waals surface area contributed by atoms with Crippen LogP contribution in [0.3, 0.4) is 0 Å². The molecule has 32 heavy (non-hydrogen) atoms. The molecule has 2 aromatic heterocycles. The number of hydrogen-bond donors (Lipinski definition) is 1. The van der Waals surface area contributed by atoms with Crippen LogP contribution >= 0.6 is 11.3 Å². The maximum Gasteiger partial charge on any atom is 0.281 e. The van der Waals surface area contributed by atoms with E-state index in [0.717, 1.165) is 11.3 Å². The molecule has 0 bridgehead atoms. The summed E-state index contributed by atoms with van der Waals surface area (Å²) in [4.78, 5) is 37.4. The maximum atomic E-state index is 13.3. The zero-order valence-electron chi connectivity index (χ0n) is 22.0. The van der Waals surface area contributed by atoms with Gasteiger partial charge in [0.05, 0.1) is 2.74 Å². The van der Waals surface area contributed by atoms with Gasteiger partial charge in [-0.15, -0.1) is 0 Å². The number of amides is 1. The minimum atomic E-state index is -2.77. The van der Waals surface area contributed by atoms with Gasteiger partial charge in [-0.2, -0.15) is 0 Å². The second-order valence-electron chi connectivity index (χ2n) is 7.42. The van der Waals surface area contributed by atoms with Crippen molar-refractivity contribution in [3.8, 4) is 11.4 Å². The van der Waals surface area contributed by atoms with Crippen molar-refractivity contribution >= 4 is 32.7 Å². The molecule has 162 valence electrons. The maximum absolute atomic E-state index is 13.3. The molecule has 4 aromatic rings. The molecule has 0 aliphatic carbocycles. The molecule has 0 spiro atoms. The first-order chi connectivity index (χ1) is 17.6. The van der Waals surface area contributed by atoms with Crippen LogP contribution in [0.5, 0.6) is 0 Å². The summed E-state index contributed by atoms with van der Waals surface area (Å²) in [5.41, 5.74) is -0.0571. The first-order valence-electron chi connectivity index (χ1n) is 12.7. The molecule has 3 heterocycles. The number of nitrogens with one attached hydrogen (secondary N) is 1. The van der Waals surface area contributed by atoms with Gasteiger partial charge in [-0.25, -0.2) is 9.97 Å². The van der Waals surface area contributed by atoms with Gasteiger partial charge in [-0.05, 0) is 18.4 Å². The Balaban J connectivity index is 1.51. The van der Waals surface area contributed by atoms with Crippen molar-refractivity contribution in [2.24, 2.45) is 6.98 Å². The number of carbonyl (C=O) groups is 1. The Morgan fingerprint density at radius 2 is 1.94 bits per heavy atom. The number of anilines is 1. The molecule has 7 nitrogen and oxygen atoms in total. The van der Waals surface area contributed by atoms with Crippen LogP contribution in [-0.4, -0.2) is 33.0 Å². The summed E-state index contributed by atoms with van der Waals surface area (Å²) in [5.74, 6) is -0.483. The molecule has 2 aromatic carbocycles. The minimum absolute atomic E-state index is 0.0140. The normalized spacial score (nSPS) is 19.1. The van der Waals surface area contributed by atoms with E-state index in [1.165, 1.54) is 0 Å². The van der Waals surface area contributed by atoms with Gasteiger partial charge in [0, 0.05) is 29.7 Å². The molecule has 1 amide bonds. The van der Waals surface area contributed by atoms with Gasteiger partial charge in [0.2, 0.25) is 5.91 Å². The van der Waals surface area contributed by atoms with Gasteiger partial charge in [0.1, 0.15) is 11.9 Å². The summed E-state index contributed by atoms with van der Waals surface area (Å²) in [6, 6.07) is 16.3. The predicted octanol–water partition coefficient (Wildman–Crippen LogP) is 3.34. The Morgan fingerprint density at radius 1 is 1.19 bits per heavy atom. The zero-order valence-corrected chi connectivity index (χ0v) is 17.8. The third-order valence-electron chi connectivity index (χ3n) is 5.36. The molecule has 1 aliphatic heterocycles. The minimum Gasteiger partial charge on any atom is -0.350 e. The summed E-state index contributed by atoms with van der Waals surface area (Å²) >= 11 is 1.11. The van der Waals surface area contributed by atoms with E-state index in [2.05, 4.69) is 15.3 Å². The van der Waals surface area contributed by atoms with Crippen molar-refractivity contribution in [2.45, 2.75) is 25.4 Å². The highest BCUT2D eigenvalue weighted by atomic mass is 32.1. The smallest absolute Gasteiger partial charge is 0.281 e. The van der Waals surface area contributed by atoms with E-state index in [1.54, 1.807) is 65.6 Å². The molecular formula is C24H23N5O2S. The summed E-state index contributed by atoms with van der Waals surface area (Å²) < 4.78 is 41.1. The average Bonchev–Trinajstić information content (AvgIpc) is 3.51. The Bertz CT molecular complexity index is 1510. The van der Waals surface area contributed by atoms with E-state index in [0.29, 0.717) is 40.2 Å². The van der Waals surface area contributed by atoms with Crippen molar-refractivity contribution in [2.75, 3.05) is 11.4 Å². The first-order valence-corrected chi connectivity index (χ1v) is 11.0. The lowest BCUT2D eigenvalue weighted by Crippen LogP contribution is -2.43. The van der Waals surface area contributed by atoms with Gasteiger partial charge < -0.3 is 10.2 Å². The molecule has 1 fully saturated rings. The number of aromatic nitrogens is 3. The largest absolute Gasteiger partial charge is 0.350 e. The van der Waals surface area contributed by atoms with Crippen LogP contribution in [0.1, 0.15) is 25.3 Å². The molecule has 1 unspecified atom stereocenters. The molecule has 0 radical (unpaired) electrons. The van der Waals surface area contributed by atoms with Crippen molar-refractivity contribution in [1.82, 2.24) is 19.9 Å². The Labute approximate surface area is 196 Å². The summed E-state index contributed by atoms with van der Waals surface area (Å²) in [6.07, 6.45) is 1.15. The second-order valence-corrected chi connectivity index (χ2v) is 8.38. The van der Waals surface area contributed by atoms with Crippen LogP contribution in [0.2, 0.25) is 0 Å². The molecule has 1 N–H and O–H groups in total. The van der Waals surface area contributed by atoms with E-state index in [4.69, 9.17) is 6.85 Å². The highest BCUT2D eigenvalue weighted by Gasteiger charge is 2.33. The average molecular weight is 451 g/mol. The number of hydrogen-bond acceptors (Lipinski definition) is 6. The summed E-state index contributed by atoms with van der Waals surface area (Å²) in [5, 5.41) is 2.85. The fourth-order valence-electron chi connectivity index (χ4n) is 3.77. The van der Waals surface area contributed by atoms with Crippen molar-refractivity contribution in [3.63, 3.8) is 0 Å². The van der Waals surface area contributed by atoms with Gasteiger partial charge >= 0.3 is 0 Å². The van der Waals surface area contributed by atoms with E-state index >= 15 is 0 Å². The monoisotopic (exact) mass is 450 g/mol. The highest BCUT2D eigenvalue weighted by Crippen LogP contribution is 2.32. The Hall–Kier alpha value is -3.52. The van der Waals surface area contributed by atoms with E-state index in [9.17, 15) is 9.59 Å². The molecule has 1 atom stereocenters. The fraction of sp³-hybridized carbons (Fsp3) is 0.250. The molecule has 8 heteroatoms. The van der Waals surface area contributed by atoms with Crippen LogP contribution < -0.4 is 15.8 Å². The SMILES string of the molecule is [2H]C([2H])(NC(=O)C1CCCN1c1nc2c(=O)n(C([2H])([2H])[2H])c(-c3ccccc3)nc2s1)c1ccccc1.